The van der Waals surface area contributed by atoms with E-state index in [0.29, 0.717) is 0 Å². The number of nitrogens with two attached hydrogens (primary N) is 1. The number of thiazole rings is 1. The molecule has 2 nitrogen and oxygen atoms in total. The maximum atomic E-state index is 6.11. The van der Waals surface area contributed by atoms with E-state index < -0.39 is 0 Å². The summed E-state index contributed by atoms with van der Waals surface area (Å²) in [5.74, 6) is 0. The van der Waals surface area contributed by atoms with Gasteiger partial charge in [0.25, 0.3) is 0 Å². The fourth-order valence-electron chi connectivity index (χ4n) is 3.24. The molecule has 0 spiro atoms. The Bertz CT molecular complexity index is 615. The molecule has 1 aliphatic rings. The van der Waals surface area contributed by atoms with E-state index in [1.165, 1.54) is 41.0 Å². The molecule has 0 bridgehead atoms. The third-order valence-electron chi connectivity index (χ3n) is 4.59. The Labute approximate surface area is 125 Å². The summed E-state index contributed by atoms with van der Waals surface area (Å²) in [5.41, 5.74) is 9.02. The molecule has 0 radical (unpaired) electrons. The highest BCUT2D eigenvalue weighted by molar-refractivity contribution is 7.18. The Morgan fingerprint density at radius 1 is 1.25 bits per heavy atom. The van der Waals surface area contributed by atoms with E-state index in [0.717, 1.165) is 12.1 Å². The summed E-state index contributed by atoms with van der Waals surface area (Å²) in [6, 6.07) is 6.79. The second-order valence-corrected chi connectivity index (χ2v) is 8.17. The number of nitrogens with zero attached hydrogens (tertiary/aromatic N) is 1. The second kappa shape index (κ2) is 4.81. The summed E-state index contributed by atoms with van der Waals surface area (Å²) in [6.45, 7) is 7.45. The normalized spacial score (nSPS) is 18.8. The molecule has 1 heterocycles. The fraction of sp³-hybridized carbons (Fsp3) is 0.588. The smallest absolute Gasteiger partial charge is 0.0992 e. The summed E-state index contributed by atoms with van der Waals surface area (Å²) in [4.78, 5) is 4.79. The van der Waals surface area contributed by atoms with Crippen molar-refractivity contribution in [2.75, 3.05) is 6.54 Å². The van der Waals surface area contributed by atoms with Crippen LogP contribution in [0.3, 0.4) is 0 Å². The van der Waals surface area contributed by atoms with Gasteiger partial charge >= 0.3 is 0 Å². The van der Waals surface area contributed by atoms with Gasteiger partial charge in [-0.05, 0) is 30.5 Å². The summed E-state index contributed by atoms with van der Waals surface area (Å²) in [5, 5.41) is 1.22. The van der Waals surface area contributed by atoms with E-state index in [-0.39, 0.29) is 10.8 Å². The van der Waals surface area contributed by atoms with Crippen LogP contribution in [0.2, 0.25) is 0 Å². The molecule has 0 atom stereocenters. The summed E-state index contributed by atoms with van der Waals surface area (Å²) < 4.78 is 1.31. The third-order valence-corrected chi connectivity index (χ3v) is 6.04. The van der Waals surface area contributed by atoms with E-state index in [4.69, 9.17) is 10.7 Å². The van der Waals surface area contributed by atoms with Gasteiger partial charge in [-0.25, -0.2) is 4.98 Å². The predicted molar refractivity (Wildman–Crippen MR) is 87.5 cm³/mol. The Balaban J connectivity index is 2.06. The molecule has 3 rings (SSSR count). The van der Waals surface area contributed by atoms with Gasteiger partial charge in [0.1, 0.15) is 0 Å². The summed E-state index contributed by atoms with van der Waals surface area (Å²) in [6.07, 6.45) is 5.09. The topological polar surface area (TPSA) is 38.9 Å². The van der Waals surface area contributed by atoms with Gasteiger partial charge < -0.3 is 5.73 Å². The molecule has 2 aromatic rings. The highest BCUT2D eigenvalue weighted by Crippen LogP contribution is 2.42. The summed E-state index contributed by atoms with van der Waals surface area (Å²) in [7, 11) is 0. The lowest BCUT2D eigenvalue weighted by atomic mass is 9.79. The molecule has 0 saturated heterocycles. The SMILES string of the molecule is CC(C)(C)c1nc2ccc(C3(CN)CCCC3)cc2s1. The Kier molecular flexibility index (Phi) is 3.38. The second-order valence-electron chi connectivity index (χ2n) is 7.14. The molecule has 0 aliphatic heterocycles. The molecule has 1 fully saturated rings. The number of benzene rings is 1. The molecule has 2 N–H and O–H groups in total. The van der Waals surface area contributed by atoms with Crippen molar-refractivity contribution in [3.63, 3.8) is 0 Å². The van der Waals surface area contributed by atoms with Crippen LogP contribution in [-0.2, 0) is 10.8 Å². The average molecular weight is 288 g/mol. The van der Waals surface area contributed by atoms with Gasteiger partial charge in [0.2, 0.25) is 0 Å². The highest BCUT2D eigenvalue weighted by atomic mass is 32.1. The average Bonchev–Trinajstić information content (AvgIpc) is 3.04. The number of aromatic nitrogens is 1. The molecule has 1 aromatic carbocycles. The van der Waals surface area contributed by atoms with Gasteiger partial charge in [0.05, 0.1) is 15.2 Å². The Hall–Kier alpha value is -0.930. The van der Waals surface area contributed by atoms with Gasteiger partial charge in [-0.1, -0.05) is 39.7 Å². The Morgan fingerprint density at radius 2 is 1.95 bits per heavy atom. The highest BCUT2D eigenvalue weighted by Gasteiger charge is 2.34. The van der Waals surface area contributed by atoms with Crippen LogP contribution in [0.5, 0.6) is 0 Å². The van der Waals surface area contributed by atoms with Crippen molar-refractivity contribution in [2.45, 2.75) is 57.3 Å². The maximum Gasteiger partial charge on any atom is 0.0992 e. The third kappa shape index (κ3) is 2.27. The van der Waals surface area contributed by atoms with Crippen molar-refractivity contribution in [3.05, 3.63) is 28.8 Å². The number of hydrogen-bond donors (Lipinski definition) is 1. The van der Waals surface area contributed by atoms with Crippen LogP contribution in [0.15, 0.2) is 18.2 Å². The zero-order valence-electron chi connectivity index (χ0n) is 12.7. The van der Waals surface area contributed by atoms with Gasteiger partial charge in [0, 0.05) is 17.4 Å². The standard InChI is InChI=1S/C17H24N2S/c1-16(2,3)15-19-13-7-6-12(10-14(13)20-15)17(11-18)8-4-5-9-17/h6-7,10H,4-5,8-9,11,18H2,1-3H3. The van der Waals surface area contributed by atoms with E-state index in [1.807, 2.05) is 11.3 Å². The quantitative estimate of drug-likeness (QED) is 0.891. The molecule has 108 valence electrons. The molecule has 0 amide bonds. The first-order chi connectivity index (χ1) is 9.44. The van der Waals surface area contributed by atoms with Crippen molar-refractivity contribution in [2.24, 2.45) is 5.73 Å². The van der Waals surface area contributed by atoms with Gasteiger partial charge in [0.15, 0.2) is 0 Å². The van der Waals surface area contributed by atoms with Crippen LogP contribution in [0.4, 0.5) is 0 Å². The van der Waals surface area contributed by atoms with Crippen molar-refractivity contribution in [1.29, 1.82) is 0 Å². The minimum Gasteiger partial charge on any atom is -0.330 e. The zero-order chi connectivity index (χ0) is 14.4. The van der Waals surface area contributed by atoms with E-state index in [1.54, 1.807) is 0 Å². The molecule has 1 aromatic heterocycles. The van der Waals surface area contributed by atoms with Gasteiger partial charge in [-0.3, -0.25) is 0 Å². The minimum atomic E-state index is 0.128. The lowest BCUT2D eigenvalue weighted by molar-refractivity contribution is 0.453. The van der Waals surface area contributed by atoms with Crippen molar-refractivity contribution in [1.82, 2.24) is 4.98 Å². The molecule has 0 unspecified atom stereocenters. The van der Waals surface area contributed by atoms with Crippen LogP contribution in [-0.4, -0.2) is 11.5 Å². The maximum absolute atomic E-state index is 6.11. The largest absolute Gasteiger partial charge is 0.330 e. The monoisotopic (exact) mass is 288 g/mol. The van der Waals surface area contributed by atoms with Crippen LogP contribution >= 0.6 is 11.3 Å². The molecular formula is C17H24N2S. The van der Waals surface area contributed by atoms with Gasteiger partial charge in [-0.2, -0.15) is 0 Å². The summed E-state index contributed by atoms with van der Waals surface area (Å²) >= 11 is 1.83. The van der Waals surface area contributed by atoms with Crippen molar-refractivity contribution < 1.29 is 0 Å². The minimum absolute atomic E-state index is 0.128. The van der Waals surface area contributed by atoms with Crippen molar-refractivity contribution in [3.8, 4) is 0 Å². The Morgan fingerprint density at radius 3 is 2.55 bits per heavy atom. The number of rotatable bonds is 2. The van der Waals surface area contributed by atoms with E-state index in [9.17, 15) is 0 Å². The van der Waals surface area contributed by atoms with Gasteiger partial charge in [-0.15, -0.1) is 11.3 Å². The molecule has 1 saturated carbocycles. The first kappa shape index (κ1) is 14.0. The zero-order valence-corrected chi connectivity index (χ0v) is 13.5. The first-order valence-electron chi connectivity index (χ1n) is 7.56. The first-order valence-corrected chi connectivity index (χ1v) is 8.38. The van der Waals surface area contributed by atoms with E-state index >= 15 is 0 Å². The van der Waals surface area contributed by atoms with Crippen LogP contribution in [0.25, 0.3) is 10.2 Å². The van der Waals surface area contributed by atoms with Crippen LogP contribution in [0.1, 0.15) is 57.0 Å². The molecule has 3 heteroatoms. The number of fused-ring (bicyclic) bond motifs is 1. The molecule has 1 aliphatic carbocycles. The molecule has 20 heavy (non-hydrogen) atoms. The lowest BCUT2D eigenvalue weighted by Crippen LogP contribution is -2.31. The van der Waals surface area contributed by atoms with Crippen LogP contribution in [0, 0.1) is 0 Å². The fourth-order valence-corrected chi connectivity index (χ4v) is 4.30. The van der Waals surface area contributed by atoms with Crippen molar-refractivity contribution >= 4 is 21.6 Å². The number of hydrogen-bond acceptors (Lipinski definition) is 3. The van der Waals surface area contributed by atoms with Crippen LogP contribution < -0.4 is 5.73 Å². The molecular weight excluding hydrogens is 264 g/mol. The van der Waals surface area contributed by atoms with E-state index in [2.05, 4.69) is 39.0 Å². The predicted octanol–water partition coefficient (Wildman–Crippen LogP) is 4.36. The lowest BCUT2D eigenvalue weighted by Gasteiger charge is -2.27.